The first-order valence-corrected chi connectivity index (χ1v) is 7.95. The van der Waals surface area contributed by atoms with Crippen LogP contribution < -0.4 is 10.5 Å². The second kappa shape index (κ2) is 6.25. The van der Waals surface area contributed by atoms with Crippen molar-refractivity contribution in [2.75, 3.05) is 0 Å². The third kappa shape index (κ3) is 3.81. The fraction of sp³-hybridized carbons (Fsp3) is 0.154. The van der Waals surface area contributed by atoms with Gasteiger partial charge in [0.15, 0.2) is 0 Å². The molecular formula is C13H14N4O2S2. The van der Waals surface area contributed by atoms with E-state index in [1.807, 2.05) is 13.0 Å². The molecule has 0 aliphatic heterocycles. The summed E-state index contributed by atoms with van der Waals surface area (Å²) in [5.41, 5.74) is 7.39. The van der Waals surface area contributed by atoms with Crippen LogP contribution in [0.15, 0.2) is 41.6 Å². The Balaban J connectivity index is 2.15. The molecule has 2 aromatic heterocycles. The van der Waals surface area contributed by atoms with Crippen molar-refractivity contribution < 1.29 is 8.42 Å². The van der Waals surface area contributed by atoms with Gasteiger partial charge in [-0.1, -0.05) is 18.3 Å². The molecule has 2 heterocycles. The summed E-state index contributed by atoms with van der Waals surface area (Å²) in [6, 6.07) is 6.55. The highest BCUT2D eigenvalue weighted by Crippen LogP contribution is 2.10. The maximum Gasteiger partial charge on any atom is 0.242 e. The summed E-state index contributed by atoms with van der Waals surface area (Å²) in [6.07, 6.45) is 2.84. The molecule has 0 spiro atoms. The van der Waals surface area contributed by atoms with E-state index in [0.717, 1.165) is 5.56 Å². The molecule has 110 valence electrons. The molecule has 2 rings (SSSR count). The number of rotatable bonds is 5. The van der Waals surface area contributed by atoms with Crippen LogP contribution in [0.3, 0.4) is 0 Å². The van der Waals surface area contributed by atoms with Crippen molar-refractivity contribution in [1.82, 2.24) is 14.7 Å². The van der Waals surface area contributed by atoms with Gasteiger partial charge in [-0.25, -0.2) is 13.1 Å². The number of nitrogens with one attached hydrogen (secondary N) is 1. The van der Waals surface area contributed by atoms with E-state index in [1.54, 1.807) is 12.3 Å². The molecule has 0 unspecified atom stereocenters. The Morgan fingerprint density at radius 1 is 1.33 bits per heavy atom. The van der Waals surface area contributed by atoms with E-state index in [0.29, 0.717) is 11.4 Å². The van der Waals surface area contributed by atoms with Crippen LogP contribution in [0.1, 0.15) is 17.0 Å². The Kier molecular flexibility index (Phi) is 4.61. The Bertz CT molecular complexity index is 758. The Labute approximate surface area is 128 Å². The van der Waals surface area contributed by atoms with Gasteiger partial charge in [0, 0.05) is 12.4 Å². The summed E-state index contributed by atoms with van der Waals surface area (Å²) < 4.78 is 26.8. The number of hydrogen-bond donors (Lipinski definition) is 2. The van der Waals surface area contributed by atoms with Crippen LogP contribution in [-0.4, -0.2) is 23.4 Å². The monoisotopic (exact) mass is 322 g/mol. The third-order valence-electron chi connectivity index (χ3n) is 2.85. The summed E-state index contributed by atoms with van der Waals surface area (Å²) in [7, 11) is -3.65. The maximum atomic E-state index is 12.2. The van der Waals surface area contributed by atoms with Gasteiger partial charge >= 0.3 is 0 Å². The molecule has 2 aromatic rings. The number of aryl methyl sites for hydroxylation is 1. The topological polar surface area (TPSA) is 98.0 Å². The molecule has 0 saturated carbocycles. The smallest absolute Gasteiger partial charge is 0.242 e. The van der Waals surface area contributed by atoms with Crippen molar-refractivity contribution in [3.8, 4) is 0 Å². The van der Waals surface area contributed by atoms with Crippen molar-refractivity contribution in [3.05, 3.63) is 53.6 Å². The Morgan fingerprint density at radius 2 is 2.10 bits per heavy atom. The summed E-state index contributed by atoms with van der Waals surface area (Å²) in [4.78, 5) is 8.23. The van der Waals surface area contributed by atoms with E-state index in [-0.39, 0.29) is 16.4 Å². The van der Waals surface area contributed by atoms with E-state index in [1.165, 1.54) is 18.3 Å². The van der Waals surface area contributed by atoms with Crippen LogP contribution in [0.25, 0.3) is 0 Å². The Morgan fingerprint density at radius 3 is 2.67 bits per heavy atom. The normalized spacial score (nSPS) is 11.3. The number of sulfonamides is 1. The molecule has 6 nitrogen and oxygen atoms in total. The highest BCUT2D eigenvalue weighted by atomic mass is 32.2. The minimum atomic E-state index is -3.65. The Hall–Kier alpha value is -1.90. The second-order valence-electron chi connectivity index (χ2n) is 4.33. The molecule has 8 heteroatoms. The highest BCUT2D eigenvalue weighted by Gasteiger charge is 2.15. The summed E-state index contributed by atoms with van der Waals surface area (Å²) >= 11 is 4.77. The van der Waals surface area contributed by atoms with Crippen LogP contribution in [0, 0.1) is 6.92 Å². The van der Waals surface area contributed by atoms with Crippen molar-refractivity contribution in [1.29, 1.82) is 0 Å². The van der Waals surface area contributed by atoms with E-state index in [2.05, 4.69) is 14.7 Å². The molecule has 0 aromatic carbocycles. The number of thiocarbonyl (C=S) groups is 1. The number of pyridine rings is 2. The molecule has 0 amide bonds. The van der Waals surface area contributed by atoms with Gasteiger partial charge < -0.3 is 5.73 Å². The van der Waals surface area contributed by atoms with Gasteiger partial charge in [0.2, 0.25) is 10.0 Å². The molecule has 21 heavy (non-hydrogen) atoms. The molecular weight excluding hydrogens is 308 g/mol. The van der Waals surface area contributed by atoms with Crippen LogP contribution in [-0.2, 0) is 16.6 Å². The first-order valence-electron chi connectivity index (χ1n) is 6.06. The molecule has 0 fully saturated rings. The SMILES string of the molecule is Cc1cccnc1CNS(=O)(=O)c1ccc(C(N)=S)nc1. The number of aromatic nitrogens is 2. The number of nitrogens with zero attached hydrogens (tertiary/aromatic N) is 2. The fourth-order valence-corrected chi connectivity index (χ4v) is 2.69. The van der Waals surface area contributed by atoms with Gasteiger partial charge in [0.25, 0.3) is 0 Å². The van der Waals surface area contributed by atoms with Gasteiger partial charge in [-0.05, 0) is 30.7 Å². The van der Waals surface area contributed by atoms with Gasteiger partial charge in [-0.2, -0.15) is 0 Å². The minimum absolute atomic E-state index is 0.0519. The molecule has 0 saturated heterocycles. The lowest BCUT2D eigenvalue weighted by molar-refractivity contribution is 0.580. The standard InChI is InChI=1S/C13H14N4O2S2/c1-9-3-2-6-15-12(9)8-17-21(18,19)10-4-5-11(13(14)20)16-7-10/h2-7,17H,8H2,1H3,(H2,14,20). The average Bonchev–Trinajstić information content (AvgIpc) is 2.46. The van der Waals surface area contributed by atoms with Crippen molar-refractivity contribution in [3.63, 3.8) is 0 Å². The lowest BCUT2D eigenvalue weighted by Gasteiger charge is -2.08. The first kappa shape index (κ1) is 15.5. The lowest BCUT2D eigenvalue weighted by atomic mass is 10.2. The molecule has 0 aliphatic carbocycles. The van der Waals surface area contributed by atoms with E-state index in [4.69, 9.17) is 18.0 Å². The third-order valence-corrected chi connectivity index (χ3v) is 4.44. The quantitative estimate of drug-likeness (QED) is 0.794. The molecule has 0 radical (unpaired) electrons. The minimum Gasteiger partial charge on any atom is -0.388 e. The van der Waals surface area contributed by atoms with Gasteiger partial charge in [0.1, 0.15) is 9.88 Å². The maximum absolute atomic E-state index is 12.2. The van der Waals surface area contributed by atoms with E-state index >= 15 is 0 Å². The fourth-order valence-electron chi connectivity index (χ4n) is 1.64. The van der Waals surface area contributed by atoms with Crippen molar-refractivity contribution in [2.24, 2.45) is 5.73 Å². The largest absolute Gasteiger partial charge is 0.388 e. The predicted molar refractivity (Wildman–Crippen MR) is 83.1 cm³/mol. The van der Waals surface area contributed by atoms with Crippen molar-refractivity contribution >= 4 is 27.2 Å². The first-order chi connectivity index (χ1) is 9.90. The molecule has 0 bridgehead atoms. The van der Waals surface area contributed by atoms with Crippen LogP contribution in [0.5, 0.6) is 0 Å². The highest BCUT2D eigenvalue weighted by molar-refractivity contribution is 7.89. The van der Waals surface area contributed by atoms with Crippen LogP contribution in [0.2, 0.25) is 0 Å². The van der Waals surface area contributed by atoms with Gasteiger partial charge in [-0.15, -0.1) is 0 Å². The number of hydrogen-bond acceptors (Lipinski definition) is 5. The van der Waals surface area contributed by atoms with Gasteiger partial charge in [0.05, 0.1) is 17.9 Å². The van der Waals surface area contributed by atoms with Gasteiger partial charge in [-0.3, -0.25) is 9.97 Å². The van der Waals surface area contributed by atoms with Crippen molar-refractivity contribution in [2.45, 2.75) is 18.4 Å². The van der Waals surface area contributed by atoms with Crippen LogP contribution in [0.4, 0.5) is 0 Å². The van der Waals surface area contributed by atoms with E-state index < -0.39 is 10.0 Å². The number of nitrogens with two attached hydrogens (primary N) is 1. The summed E-state index contributed by atoms with van der Waals surface area (Å²) in [5, 5.41) is 0. The predicted octanol–water partition coefficient (Wildman–Crippen LogP) is 0.898. The second-order valence-corrected chi connectivity index (χ2v) is 6.54. The zero-order valence-electron chi connectivity index (χ0n) is 11.3. The summed E-state index contributed by atoms with van der Waals surface area (Å²) in [6.45, 7) is 1.99. The molecule has 0 aliphatic rings. The lowest BCUT2D eigenvalue weighted by Crippen LogP contribution is -2.24. The van der Waals surface area contributed by atoms with E-state index in [9.17, 15) is 8.42 Å². The van der Waals surface area contributed by atoms with Crippen LogP contribution >= 0.6 is 12.2 Å². The molecule has 0 atom stereocenters. The summed E-state index contributed by atoms with van der Waals surface area (Å²) in [5.74, 6) is 0. The zero-order chi connectivity index (χ0) is 15.5. The zero-order valence-corrected chi connectivity index (χ0v) is 12.9. The molecule has 3 N–H and O–H groups in total. The average molecular weight is 322 g/mol.